The summed E-state index contributed by atoms with van der Waals surface area (Å²) in [5.41, 5.74) is 0.894. The molecule has 78 valence electrons. The SMILES string of the molecule is COc1c(Cl)cc(Cl)cc1CNCCl. The van der Waals surface area contributed by atoms with Gasteiger partial charge < -0.3 is 4.74 Å². The number of hydrogen-bond acceptors (Lipinski definition) is 2. The molecule has 14 heavy (non-hydrogen) atoms. The molecule has 0 aliphatic rings. The van der Waals surface area contributed by atoms with E-state index in [0.29, 0.717) is 28.3 Å². The van der Waals surface area contributed by atoms with Gasteiger partial charge in [-0.3, -0.25) is 5.32 Å². The molecule has 0 radical (unpaired) electrons. The second-order valence-corrected chi connectivity index (χ2v) is 3.75. The Morgan fingerprint density at radius 2 is 2.07 bits per heavy atom. The first-order valence-electron chi connectivity index (χ1n) is 3.97. The molecule has 0 amide bonds. The smallest absolute Gasteiger partial charge is 0.142 e. The second-order valence-electron chi connectivity index (χ2n) is 2.64. The van der Waals surface area contributed by atoms with Crippen molar-refractivity contribution < 1.29 is 4.74 Å². The first kappa shape index (κ1) is 11.9. The number of rotatable bonds is 4. The maximum atomic E-state index is 5.94. The van der Waals surface area contributed by atoms with E-state index in [4.69, 9.17) is 39.5 Å². The van der Waals surface area contributed by atoms with E-state index in [0.717, 1.165) is 5.56 Å². The Morgan fingerprint density at radius 1 is 1.36 bits per heavy atom. The van der Waals surface area contributed by atoms with Crippen LogP contribution >= 0.6 is 34.8 Å². The van der Waals surface area contributed by atoms with Crippen molar-refractivity contribution in [2.45, 2.75) is 6.54 Å². The number of ether oxygens (including phenoxy) is 1. The zero-order chi connectivity index (χ0) is 10.6. The molecule has 2 nitrogen and oxygen atoms in total. The van der Waals surface area contributed by atoms with Gasteiger partial charge in [-0.2, -0.15) is 0 Å². The van der Waals surface area contributed by atoms with Crippen LogP contribution in [0.15, 0.2) is 12.1 Å². The minimum absolute atomic E-state index is 0.368. The van der Waals surface area contributed by atoms with Gasteiger partial charge in [-0.25, -0.2) is 0 Å². The summed E-state index contributed by atoms with van der Waals surface area (Å²) in [5, 5.41) is 4.05. The van der Waals surface area contributed by atoms with Gasteiger partial charge in [-0.1, -0.05) is 23.2 Å². The Hall–Kier alpha value is -0.150. The van der Waals surface area contributed by atoms with Gasteiger partial charge in [0, 0.05) is 17.1 Å². The third-order valence-electron chi connectivity index (χ3n) is 1.70. The third-order valence-corrected chi connectivity index (χ3v) is 2.39. The molecular weight excluding hydrogens is 244 g/mol. The Labute approximate surface area is 98.1 Å². The van der Waals surface area contributed by atoms with Gasteiger partial charge in [0.05, 0.1) is 18.1 Å². The molecule has 0 fully saturated rings. The first-order chi connectivity index (χ1) is 6.69. The fraction of sp³-hybridized carbons (Fsp3) is 0.333. The highest BCUT2D eigenvalue weighted by atomic mass is 35.5. The van der Waals surface area contributed by atoms with E-state index < -0.39 is 0 Å². The average Bonchev–Trinajstić information content (AvgIpc) is 2.14. The number of alkyl halides is 1. The van der Waals surface area contributed by atoms with Crippen LogP contribution in [0.2, 0.25) is 10.0 Å². The minimum atomic E-state index is 0.368. The maximum absolute atomic E-state index is 5.94. The molecule has 0 saturated heterocycles. The Balaban J connectivity index is 2.99. The lowest BCUT2D eigenvalue weighted by Crippen LogP contribution is -2.11. The zero-order valence-corrected chi connectivity index (χ0v) is 9.88. The van der Waals surface area contributed by atoms with E-state index in [2.05, 4.69) is 5.32 Å². The van der Waals surface area contributed by atoms with E-state index in [9.17, 15) is 0 Å². The highest BCUT2D eigenvalue weighted by Gasteiger charge is 2.08. The summed E-state index contributed by atoms with van der Waals surface area (Å²) in [5.74, 6) is 0.633. The molecule has 0 aliphatic heterocycles. The van der Waals surface area contributed by atoms with Crippen LogP contribution in [0, 0.1) is 0 Å². The van der Waals surface area contributed by atoms with Crippen LogP contribution in [-0.4, -0.2) is 13.1 Å². The molecule has 0 saturated carbocycles. The Bertz CT molecular complexity index is 317. The van der Waals surface area contributed by atoms with Crippen molar-refractivity contribution in [1.29, 1.82) is 0 Å². The summed E-state index contributed by atoms with van der Waals surface area (Å²) >= 11 is 17.3. The van der Waals surface area contributed by atoms with Crippen molar-refractivity contribution in [1.82, 2.24) is 5.32 Å². The van der Waals surface area contributed by atoms with Crippen molar-refractivity contribution in [2.24, 2.45) is 0 Å². The van der Waals surface area contributed by atoms with E-state index in [1.54, 1.807) is 19.2 Å². The molecule has 0 heterocycles. The number of benzene rings is 1. The van der Waals surface area contributed by atoms with Crippen LogP contribution in [0.5, 0.6) is 5.75 Å². The number of methoxy groups -OCH3 is 1. The molecule has 1 aromatic carbocycles. The van der Waals surface area contributed by atoms with Crippen LogP contribution in [0.1, 0.15) is 5.56 Å². The fourth-order valence-electron chi connectivity index (χ4n) is 1.16. The van der Waals surface area contributed by atoms with E-state index in [-0.39, 0.29) is 0 Å². The third kappa shape index (κ3) is 2.92. The largest absolute Gasteiger partial charge is 0.495 e. The highest BCUT2D eigenvalue weighted by Crippen LogP contribution is 2.31. The molecule has 1 aromatic rings. The number of nitrogens with one attached hydrogen (secondary N) is 1. The van der Waals surface area contributed by atoms with Crippen LogP contribution in [0.3, 0.4) is 0 Å². The van der Waals surface area contributed by atoms with Gasteiger partial charge in [0.15, 0.2) is 0 Å². The first-order valence-corrected chi connectivity index (χ1v) is 5.26. The minimum Gasteiger partial charge on any atom is -0.495 e. The fourth-order valence-corrected chi connectivity index (χ4v) is 1.86. The van der Waals surface area contributed by atoms with Crippen LogP contribution in [-0.2, 0) is 6.54 Å². The van der Waals surface area contributed by atoms with Crippen molar-refractivity contribution in [2.75, 3.05) is 13.1 Å². The van der Waals surface area contributed by atoms with E-state index in [1.165, 1.54) is 0 Å². The van der Waals surface area contributed by atoms with E-state index in [1.807, 2.05) is 0 Å². The van der Waals surface area contributed by atoms with Gasteiger partial charge >= 0.3 is 0 Å². The van der Waals surface area contributed by atoms with Gasteiger partial charge in [0.1, 0.15) is 5.75 Å². The summed E-state index contributed by atoms with van der Waals surface area (Å²) in [7, 11) is 1.57. The lowest BCUT2D eigenvalue weighted by Gasteiger charge is -2.10. The van der Waals surface area contributed by atoms with Crippen LogP contribution in [0.4, 0.5) is 0 Å². The molecule has 1 N–H and O–H groups in total. The average molecular weight is 255 g/mol. The van der Waals surface area contributed by atoms with E-state index >= 15 is 0 Å². The van der Waals surface area contributed by atoms with Gasteiger partial charge in [0.2, 0.25) is 0 Å². The molecule has 0 unspecified atom stereocenters. The quantitative estimate of drug-likeness (QED) is 0.658. The highest BCUT2D eigenvalue weighted by molar-refractivity contribution is 6.35. The van der Waals surface area contributed by atoms with Crippen molar-refractivity contribution in [3.8, 4) is 5.75 Å². The monoisotopic (exact) mass is 253 g/mol. The second kappa shape index (κ2) is 5.66. The summed E-state index contributed by atoms with van der Waals surface area (Å²) in [6.45, 7) is 0.576. The standard InChI is InChI=1S/C9H10Cl3NO/c1-14-9-6(4-13-5-10)2-7(11)3-8(9)12/h2-3,13H,4-5H2,1H3. The maximum Gasteiger partial charge on any atom is 0.142 e. The Morgan fingerprint density at radius 3 is 2.64 bits per heavy atom. The van der Waals surface area contributed by atoms with Crippen LogP contribution in [0.25, 0.3) is 0 Å². The lowest BCUT2D eigenvalue weighted by molar-refractivity contribution is 0.408. The molecule has 0 bridgehead atoms. The number of hydrogen-bond donors (Lipinski definition) is 1. The summed E-state index contributed by atoms with van der Waals surface area (Å²) in [6, 6.07) is 3.81. The normalized spacial score (nSPS) is 10.3. The molecule has 1 rings (SSSR count). The summed E-state index contributed by atoms with van der Waals surface area (Å²) < 4.78 is 5.15. The van der Waals surface area contributed by atoms with Crippen molar-refractivity contribution >= 4 is 34.8 Å². The predicted octanol–water partition coefficient (Wildman–Crippen LogP) is 3.29. The zero-order valence-electron chi connectivity index (χ0n) is 7.61. The molecule has 5 heteroatoms. The molecular formula is C9H10Cl3NO. The van der Waals surface area contributed by atoms with Crippen molar-refractivity contribution in [3.63, 3.8) is 0 Å². The van der Waals surface area contributed by atoms with Gasteiger partial charge in [0.25, 0.3) is 0 Å². The van der Waals surface area contributed by atoms with Crippen LogP contribution < -0.4 is 10.1 Å². The molecule has 0 atom stereocenters. The number of halogens is 3. The summed E-state index contributed by atoms with van der Waals surface area (Å²) in [4.78, 5) is 0. The lowest BCUT2D eigenvalue weighted by atomic mass is 10.2. The molecule has 0 aromatic heterocycles. The molecule has 0 spiro atoms. The topological polar surface area (TPSA) is 21.3 Å². The Kier molecular flexibility index (Phi) is 4.82. The van der Waals surface area contributed by atoms with Crippen molar-refractivity contribution in [3.05, 3.63) is 27.7 Å². The summed E-state index contributed by atoms with van der Waals surface area (Å²) in [6.07, 6.45) is 0. The molecule has 0 aliphatic carbocycles. The van der Waals surface area contributed by atoms with Gasteiger partial charge in [-0.15, -0.1) is 11.6 Å². The van der Waals surface area contributed by atoms with Gasteiger partial charge in [-0.05, 0) is 12.1 Å². The predicted molar refractivity (Wildman–Crippen MR) is 60.6 cm³/mol.